The van der Waals surface area contributed by atoms with E-state index in [0.717, 1.165) is 21.8 Å². The molecule has 3 rings (SSSR count). The van der Waals surface area contributed by atoms with Crippen molar-refractivity contribution in [2.75, 3.05) is 10.6 Å². The Balaban J connectivity index is 1.86. The van der Waals surface area contributed by atoms with E-state index in [2.05, 4.69) is 15.6 Å². The Morgan fingerprint density at radius 3 is 2.71 bits per heavy atom. The molecule has 0 saturated carbocycles. The summed E-state index contributed by atoms with van der Waals surface area (Å²) < 4.78 is 1.85. The summed E-state index contributed by atoms with van der Waals surface area (Å²) >= 11 is 1.54. The average molecular weight is 342 g/mol. The van der Waals surface area contributed by atoms with Crippen LogP contribution in [0, 0.1) is 6.92 Å². The summed E-state index contributed by atoms with van der Waals surface area (Å²) in [6, 6.07) is 5.49. The molecule has 1 aromatic carbocycles. The van der Waals surface area contributed by atoms with Crippen molar-refractivity contribution in [3.63, 3.8) is 0 Å². The van der Waals surface area contributed by atoms with Gasteiger partial charge in [-0.25, -0.2) is 4.98 Å². The number of imidazole rings is 1. The fraction of sp³-hybridized carbons (Fsp3) is 0.235. The summed E-state index contributed by atoms with van der Waals surface area (Å²) in [6.07, 6.45) is 4.43. The lowest BCUT2D eigenvalue weighted by Gasteiger charge is -2.11. The van der Waals surface area contributed by atoms with Gasteiger partial charge in [0, 0.05) is 35.6 Å². The first-order valence-corrected chi connectivity index (χ1v) is 8.45. The minimum atomic E-state index is -0.266. The van der Waals surface area contributed by atoms with E-state index in [1.807, 2.05) is 36.6 Å². The Bertz CT molecular complexity index is 894. The van der Waals surface area contributed by atoms with E-state index in [0.29, 0.717) is 17.1 Å². The van der Waals surface area contributed by atoms with Gasteiger partial charge in [-0.15, -0.1) is 11.3 Å². The topological polar surface area (TPSA) is 75.5 Å². The highest BCUT2D eigenvalue weighted by Crippen LogP contribution is 2.23. The molecule has 2 aromatic heterocycles. The predicted molar refractivity (Wildman–Crippen MR) is 95.9 cm³/mol. The van der Waals surface area contributed by atoms with Crippen LogP contribution in [0.25, 0.3) is 4.96 Å². The number of aryl methyl sites for hydroxylation is 2. The van der Waals surface area contributed by atoms with Gasteiger partial charge in [0.15, 0.2) is 4.96 Å². The molecule has 0 atom stereocenters. The molecule has 3 aromatic rings. The fourth-order valence-corrected chi connectivity index (χ4v) is 3.30. The number of hydrogen-bond acceptors (Lipinski definition) is 4. The molecule has 0 spiro atoms. The number of carbonyl (C=O) groups is 2. The van der Waals surface area contributed by atoms with Gasteiger partial charge in [-0.2, -0.15) is 0 Å². The maximum atomic E-state index is 12.5. The number of nitrogens with one attached hydrogen (secondary N) is 2. The summed E-state index contributed by atoms with van der Waals surface area (Å²) in [4.78, 5) is 30.0. The summed E-state index contributed by atoms with van der Waals surface area (Å²) in [6.45, 7) is 5.46. The largest absolute Gasteiger partial charge is 0.326 e. The number of fused-ring (bicyclic) bond motifs is 1. The maximum absolute atomic E-state index is 12.5. The highest BCUT2D eigenvalue weighted by molar-refractivity contribution is 7.17. The molecule has 0 fully saturated rings. The number of nitrogens with zero attached hydrogens (tertiary/aromatic N) is 2. The Kier molecular flexibility index (Phi) is 4.35. The van der Waals surface area contributed by atoms with E-state index in [1.165, 1.54) is 18.3 Å². The molecule has 0 aliphatic carbocycles. The van der Waals surface area contributed by atoms with Crippen molar-refractivity contribution in [2.24, 2.45) is 0 Å². The van der Waals surface area contributed by atoms with Crippen molar-refractivity contribution >= 4 is 39.5 Å². The molecule has 7 heteroatoms. The van der Waals surface area contributed by atoms with Crippen LogP contribution in [0.2, 0.25) is 0 Å². The second kappa shape index (κ2) is 6.45. The number of amides is 2. The first kappa shape index (κ1) is 16.2. The molecule has 24 heavy (non-hydrogen) atoms. The standard InChI is InChI=1S/C17H18N4O2S/c1-4-12-5-6-13(18-11(3)22)7-14(12)19-16(23)15-9-21-8-10(2)24-17(21)20-15/h5-9H,4H2,1-3H3,(H,18,22)(H,19,23). The van der Waals surface area contributed by atoms with E-state index in [9.17, 15) is 9.59 Å². The van der Waals surface area contributed by atoms with Crippen molar-refractivity contribution in [1.29, 1.82) is 0 Å². The van der Waals surface area contributed by atoms with Crippen LogP contribution in [0.1, 0.15) is 34.8 Å². The number of benzene rings is 1. The normalized spacial score (nSPS) is 10.8. The molecular formula is C17H18N4O2S. The van der Waals surface area contributed by atoms with E-state index in [4.69, 9.17) is 0 Å². The second-order valence-electron chi connectivity index (χ2n) is 5.52. The van der Waals surface area contributed by atoms with Crippen LogP contribution in [0.15, 0.2) is 30.6 Å². The van der Waals surface area contributed by atoms with Gasteiger partial charge in [0.05, 0.1) is 0 Å². The zero-order valence-corrected chi connectivity index (χ0v) is 14.5. The van der Waals surface area contributed by atoms with Crippen LogP contribution in [-0.2, 0) is 11.2 Å². The second-order valence-corrected chi connectivity index (χ2v) is 6.73. The van der Waals surface area contributed by atoms with Crippen molar-refractivity contribution in [1.82, 2.24) is 9.38 Å². The van der Waals surface area contributed by atoms with Gasteiger partial charge in [0.2, 0.25) is 5.91 Å². The SMILES string of the molecule is CCc1ccc(NC(C)=O)cc1NC(=O)c1cn2cc(C)sc2n1. The molecule has 0 saturated heterocycles. The Labute approximate surface area is 143 Å². The maximum Gasteiger partial charge on any atom is 0.275 e. The summed E-state index contributed by atoms with van der Waals surface area (Å²) in [7, 11) is 0. The smallest absolute Gasteiger partial charge is 0.275 e. The molecule has 2 heterocycles. The zero-order valence-electron chi connectivity index (χ0n) is 13.7. The van der Waals surface area contributed by atoms with Crippen LogP contribution in [0.3, 0.4) is 0 Å². The lowest BCUT2D eigenvalue weighted by atomic mass is 10.1. The fourth-order valence-electron chi connectivity index (χ4n) is 2.49. The minimum absolute atomic E-state index is 0.152. The van der Waals surface area contributed by atoms with E-state index >= 15 is 0 Å². The number of anilines is 2. The van der Waals surface area contributed by atoms with E-state index < -0.39 is 0 Å². The lowest BCUT2D eigenvalue weighted by Crippen LogP contribution is -2.14. The summed E-state index contributed by atoms with van der Waals surface area (Å²) in [5, 5.41) is 5.62. The lowest BCUT2D eigenvalue weighted by molar-refractivity contribution is -0.114. The molecule has 2 N–H and O–H groups in total. The number of aromatic nitrogens is 2. The number of carbonyl (C=O) groups excluding carboxylic acids is 2. The van der Waals surface area contributed by atoms with Gasteiger partial charge < -0.3 is 10.6 Å². The molecule has 2 amide bonds. The molecular weight excluding hydrogens is 324 g/mol. The Morgan fingerprint density at radius 2 is 2.04 bits per heavy atom. The van der Waals surface area contributed by atoms with Gasteiger partial charge in [0.1, 0.15) is 5.69 Å². The zero-order chi connectivity index (χ0) is 17.3. The molecule has 6 nitrogen and oxygen atoms in total. The molecule has 0 unspecified atom stereocenters. The highest BCUT2D eigenvalue weighted by atomic mass is 32.1. The monoisotopic (exact) mass is 342 g/mol. The Hall–Kier alpha value is -2.67. The molecule has 124 valence electrons. The first-order chi connectivity index (χ1) is 11.5. The average Bonchev–Trinajstić information content (AvgIpc) is 3.04. The molecule has 0 aliphatic heterocycles. The van der Waals surface area contributed by atoms with Crippen molar-refractivity contribution in [3.8, 4) is 0 Å². The summed E-state index contributed by atoms with van der Waals surface area (Å²) in [5.41, 5.74) is 2.69. The van der Waals surface area contributed by atoms with Gasteiger partial charge in [0.25, 0.3) is 5.91 Å². The van der Waals surface area contributed by atoms with Gasteiger partial charge in [-0.1, -0.05) is 13.0 Å². The third-order valence-corrected chi connectivity index (χ3v) is 4.48. The summed E-state index contributed by atoms with van der Waals surface area (Å²) in [5.74, 6) is -0.417. The van der Waals surface area contributed by atoms with E-state index in [1.54, 1.807) is 12.3 Å². The van der Waals surface area contributed by atoms with Gasteiger partial charge in [-0.05, 0) is 31.0 Å². The quantitative estimate of drug-likeness (QED) is 0.762. The Morgan fingerprint density at radius 1 is 1.25 bits per heavy atom. The van der Waals surface area contributed by atoms with Crippen molar-refractivity contribution < 1.29 is 9.59 Å². The molecule has 0 aliphatic rings. The first-order valence-electron chi connectivity index (χ1n) is 7.63. The number of rotatable bonds is 4. The van der Waals surface area contributed by atoms with Gasteiger partial charge >= 0.3 is 0 Å². The number of hydrogen-bond donors (Lipinski definition) is 2. The van der Waals surface area contributed by atoms with E-state index in [-0.39, 0.29) is 11.8 Å². The third-order valence-electron chi connectivity index (χ3n) is 3.56. The van der Waals surface area contributed by atoms with Crippen LogP contribution in [-0.4, -0.2) is 21.2 Å². The highest BCUT2D eigenvalue weighted by Gasteiger charge is 2.14. The number of thiazole rings is 1. The van der Waals surface area contributed by atoms with Crippen LogP contribution in [0.4, 0.5) is 11.4 Å². The minimum Gasteiger partial charge on any atom is -0.326 e. The third kappa shape index (κ3) is 3.30. The molecule has 0 radical (unpaired) electrons. The van der Waals surface area contributed by atoms with Crippen LogP contribution < -0.4 is 10.6 Å². The van der Waals surface area contributed by atoms with Crippen LogP contribution >= 0.6 is 11.3 Å². The van der Waals surface area contributed by atoms with Gasteiger partial charge in [-0.3, -0.25) is 14.0 Å². The predicted octanol–water partition coefficient (Wildman–Crippen LogP) is 3.48. The van der Waals surface area contributed by atoms with Crippen molar-refractivity contribution in [2.45, 2.75) is 27.2 Å². The van der Waals surface area contributed by atoms with Crippen LogP contribution in [0.5, 0.6) is 0 Å². The van der Waals surface area contributed by atoms with Crippen molar-refractivity contribution in [3.05, 3.63) is 46.7 Å². The molecule has 0 bridgehead atoms.